The monoisotopic (exact) mass is 411 g/mol. The van der Waals surface area contributed by atoms with Crippen molar-refractivity contribution in [1.82, 2.24) is 10.1 Å². The SMILES string of the molecule is Cc1cc(C)cc(NC(=O)COC(=O)c2ccccc2SCc2nc(C)no2)c1. The molecule has 1 N–H and O–H groups in total. The molecule has 0 spiro atoms. The molecule has 0 aliphatic rings. The largest absolute Gasteiger partial charge is 0.452 e. The molecule has 3 rings (SSSR count). The number of hydrogen-bond donors (Lipinski definition) is 1. The van der Waals surface area contributed by atoms with Gasteiger partial charge < -0.3 is 14.6 Å². The minimum Gasteiger partial charge on any atom is -0.452 e. The maximum absolute atomic E-state index is 12.5. The Morgan fingerprint density at radius 2 is 1.83 bits per heavy atom. The number of aryl methyl sites for hydroxylation is 3. The summed E-state index contributed by atoms with van der Waals surface area (Å²) in [6.45, 7) is 5.28. The van der Waals surface area contributed by atoms with Gasteiger partial charge in [0.15, 0.2) is 12.4 Å². The van der Waals surface area contributed by atoms with E-state index in [0.717, 1.165) is 11.1 Å². The first-order valence-electron chi connectivity index (χ1n) is 8.97. The molecule has 0 aliphatic heterocycles. The molecule has 1 heterocycles. The molecule has 0 fully saturated rings. The van der Waals surface area contributed by atoms with Crippen LogP contribution in [0, 0.1) is 20.8 Å². The van der Waals surface area contributed by atoms with Crippen LogP contribution in [0.1, 0.15) is 33.2 Å². The summed E-state index contributed by atoms with van der Waals surface area (Å²) in [5.74, 6) is 0.505. The van der Waals surface area contributed by atoms with E-state index < -0.39 is 11.9 Å². The van der Waals surface area contributed by atoms with Gasteiger partial charge in [-0.05, 0) is 56.2 Å². The molecule has 0 bridgehead atoms. The van der Waals surface area contributed by atoms with Crippen molar-refractivity contribution < 1.29 is 18.8 Å². The number of thioether (sulfide) groups is 1. The zero-order valence-corrected chi connectivity index (χ0v) is 17.2. The van der Waals surface area contributed by atoms with Crippen LogP contribution in [0.2, 0.25) is 0 Å². The second-order valence-corrected chi connectivity index (χ2v) is 7.54. The zero-order chi connectivity index (χ0) is 20.8. The molecule has 0 aliphatic carbocycles. The third-order valence-electron chi connectivity index (χ3n) is 3.87. The van der Waals surface area contributed by atoms with Gasteiger partial charge >= 0.3 is 5.97 Å². The molecular weight excluding hydrogens is 390 g/mol. The molecule has 7 nitrogen and oxygen atoms in total. The molecule has 1 aromatic heterocycles. The maximum atomic E-state index is 12.5. The summed E-state index contributed by atoms with van der Waals surface area (Å²) in [7, 11) is 0. The topological polar surface area (TPSA) is 94.3 Å². The number of ether oxygens (including phenoxy) is 1. The van der Waals surface area contributed by atoms with Gasteiger partial charge in [0.25, 0.3) is 5.91 Å². The number of carbonyl (C=O) groups excluding carboxylic acids is 2. The molecule has 3 aromatic rings. The Morgan fingerprint density at radius 3 is 2.52 bits per heavy atom. The Bertz CT molecular complexity index is 1010. The molecule has 150 valence electrons. The number of rotatable bonds is 7. The summed E-state index contributed by atoms with van der Waals surface area (Å²) in [5.41, 5.74) is 3.14. The highest BCUT2D eigenvalue weighted by atomic mass is 32.2. The van der Waals surface area contributed by atoms with E-state index in [4.69, 9.17) is 9.26 Å². The van der Waals surface area contributed by atoms with Crippen molar-refractivity contribution in [2.75, 3.05) is 11.9 Å². The van der Waals surface area contributed by atoms with Crippen molar-refractivity contribution in [3.8, 4) is 0 Å². The fraction of sp³-hybridized carbons (Fsp3) is 0.238. The fourth-order valence-corrected chi connectivity index (χ4v) is 3.63. The van der Waals surface area contributed by atoms with E-state index in [1.54, 1.807) is 25.1 Å². The van der Waals surface area contributed by atoms with E-state index in [0.29, 0.717) is 33.6 Å². The van der Waals surface area contributed by atoms with E-state index in [9.17, 15) is 9.59 Å². The molecule has 8 heteroatoms. The first kappa shape index (κ1) is 20.6. The lowest BCUT2D eigenvalue weighted by molar-refractivity contribution is -0.119. The zero-order valence-electron chi connectivity index (χ0n) is 16.4. The molecule has 1 amide bonds. The van der Waals surface area contributed by atoms with Gasteiger partial charge in [0.1, 0.15) is 0 Å². The quantitative estimate of drug-likeness (QED) is 0.462. The molecular formula is C21H21N3O4S. The number of amides is 1. The second kappa shape index (κ2) is 9.38. The normalized spacial score (nSPS) is 10.6. The van der Waals surface area contributed by atoms with Crippen LogP contribution in [0.3, 0.4) is 0 Å². The highest BCUT2D eigenvalue weighted by Crippen LogP contribution is 2.26. The fourth-order valence-electron chi connectivity index (χ4n) is 2.75. The summed E-state index contributed by atoms with van der Waals surface area (Å²) in [5, 5.41) is 6.49. The summed E-state index contributed by atoms with van der Waals surface area (Å²) in [6.07, 6.45) is 0. The van der Waals surface area contributed by atoms with Crippen LogP contribution in [0.5, 0.6) is 0 Å². The first-order chi connectivity index (χ1) is 13.9. The van der Waals surface area contributed by atoms with Gasteiger partial charge in [-0.2, -0.15) is 4.98 Å². The molecule has 0 radical (unpaired) electrons. The number of aromatic nitrogens is 2. The minimum absolute atomic E-state index is 0.367. The number of carbonyl (C=O) groups is 2. The summed E-state index contributed by atoms with van der Waals surface area (Å²) in [6, 6.07) is 12.8. The molecule has 0 saturated carbocycles. The van der Waals surface area contributed by atoms with Gasteiger partial charge in [-0.25, -0.2) is 4.79 Å². The molecule has 0 saturated heterocycles. The van der Waals surface area contributed by atoms with Gasteiger partial charge in [0.05, 0.1) is 11.3 Å². The predicted molar refractivity (Wildman–Crippen MR) is 110 cm³/mol. The number of nitrogens with one attached hydrogen (secondary N) is 1. The second-order valence-electron chi connectivity index (χ2n) is 6.52. The van der Waals surface area contributed by atoms with Gasteiger partial charge in [-0.15, -0.1) is 11.8 Å². The van der Waals surface area contributed by atoms with Crippen molar-refractivity contribution in [3.63, 3.8) is 0 Å². The lowest BCUT2D eigenvalue weighted by Crippen LogP contribution is -2.21. The van der Waals surface area contributed by atoms with Crippen molar-refractivity contribution >= 4 is 29.3 Å². The van der Waals surface area contributed by atoms with Gasteiger partial charge in [-0.3, -0.25) is 4.79 Å². The van der Waals surface area contributed by atoms with Gasteiger partial charge in [-0.1, -0.05) is 23.4 Å². The molecule has 0 unspecified atom stereocenters. The third kappa shape index (κ3) is 5.92. The Kier molecular flexibility index (Phi) is 6.66. The lowest BCUT2D eigenvalue weighted by Gasteiger charge is -2.10. The number of nitrogens with zero attached hydrogens (tertiary/aromatic N) is 2. The molecule has 0 atom stereocenters. The minimum atomic E-state index is -0.564. The van der Waals surface area contributed by atoms with Crippen LogP contribution in [0.25, 0.3) is 0 Å². The summed E-state index contributed by atoms with van der Waals surface area (Å²) >= 11 is 1.38. The Hall–Kier alpha value is -3.13. The van der Waals surface area contributed by atoms with E-state index in [1.165, 1.54) is 11.8 Å². The Morgan fingerprint density at radius 1 is 1.10 bits per heavy atom. The molecule has 2 aromatic carbocycles. The van der Waals surface area contributed by atoms with Gasteiger partial charge in [0, 0.05) is 10.6 Å². The van der Waals surface area contributed by atoms with E-state index >= 15 is 0 Å². The predicted octanol–water partition coefficient (Wildman–Crippen LogP) is 4.08. The number of hydrogen-bond acceptors (Lipinski definition) is 7. The Labute approximate surface area is 172 Å². The smallest absolute Gasteiger partial charge is 0.339 e. The average molecular weight is 411 g/mol. The van der Waals surface area contributed by atoms with E-state index in [1.807, 2.05) is 38.1 Å². The highest BCUT2D eigenvalue weighted by molar-refractivity contribution is 7.98. The van der Waals surface area contributed by atoms with Crippen LogP contribution >= 0.6 is 11.8 Å². The van der Waals surface area contributed by atoms with Crippen LogP contribution in [-0.4, -0.2) is 28.6 Å². The van der Waals surface area contributed by atoms with E-state index in [-0.39, 0.29) is 6.61 Å². The van der Waals surface area contributed by atoms with Crippen molar-refractivity contribution in [3.05, 3.63) is 70.9 Å². The maximum Gasteiger partial charge on any atom is 0.339 e. The van der Waals surface area contributed by atoms with Crippen molar-refractivity contribution in [2.24, 2.45) is 0 Å². The van der Waals surface area contributed by atoms with Crippen molar-refractivity contribution in [1.29, 1.82) is 0 Å². The van der Waals surface area contributed by atoms with Gasteiger partial charge in [0.2, 0.25) is 5.89 Å². The highest BCUT2D eigenvalue weighted by Gasteiger charge is 2.16. The molecule has 29 heavy (non-hydrogen) atoms. The van der Waals surface area contributed by atoms with E-state index in [2.05, 4.69) is 15.5 Å². The average Bonchev–Trinajstić information content (AvgIpc) is 3.09. The first-order valence-corrected chi connectivity index (χ1v) is 9.95. The van der Waals surface area contributed by atoms with Crippen LogP contribution in [0.15, 0.2) is 51.9 Å². The van der Waals surface area contributed by atoms with Crippen molar-refractivity contribution in [2.45, 2.75) is 31.4 Å². The Balaban J connectivity index is 1.58. The number of benzene rings is 2. The summed E-state index contributed by atoms with van der Waals surface area (Å²) in [4.78, 5) is 29.5. The number of anilines is 1. The lowest BCUT2D eigenvalue weighted by atomic mass is 10.1. The summed E-state index contributed by atoms with van der Waals surface area (Å²) < 4.78 is 10.3. The third-order valence-corrected chi connectivity index (χ3v) is 4.93. The standard InChI is InChI=1S/C21H21N3O4S/c1-13-8-14(2)10-16(9-13)23-19(25)11-27-21(26)17-6-4-5-7-18(17)29-12-20-22-15(3)24-28-20/h4-10H,11-12H2,1-3H3,(H,23,25). The number of esters is 1. The van der Waals surface area contributed by atoms with Crippen LogP contribution in [-0.2, 0) is 15.3 Å². The van der Waals surface area contributed by atoms with Crippen LogP contribution < -0.4 is 5.32 Å². The van der Waals surface area contributed by atoms with Crippen LogP contribution in [0.4, 0.5) is 5.69 Å².